The Labute approximate surface area is 198 Å². The summed E-state index contributed by atoms with van der Waals surface area (Å²) in [5, 5.41) is 10.8. The van der Waals surface area contributed by atoms with E-state index in [0.717, 1.165) is 41.7 Å². The first-order valence-corrected chi connectivity index (χ1v) is 11.7. The SMILES string of the molecule is COc1ccc(NC(=O)c2n[nH]c3ccc(-c4cncc(CN5CCCCCC5)c4)cc23)cn1. The molecule has 4 aromatic rings. The van der Waals surface area contributed by atoms with E-state index in [-0.39, 0.29) is 5.91 Å². The van der Waals surface area contributed by atoms with Crippen molar-refractivity contribution in [3.05, 3.63) is 66.2 Å². The second-order valence-electron chi connectivity index (χ2n) is 8.65. The lowest BCUT2D eigenvalue weighted by Crippen LogP contribution is -2.24. The molecular formula is C26H28N6O2. The molecule has 8 heteroatoms. The van der Waals surface area contributed by atoms with E-state index in [4.69, 9.17) is 4.74 Å². The molecule has 2 N–H and O–H groups in total. The third kappa shape index (κ3) is 4.92. The first-order chi connectivity index (χ1) is 16.7. The summed E-state index contributed by atoms with van der Waals surface area (Å²) in [6.45, 7) is 3.21. The van der Waals surface area contributed by atoms with Crippen LogP contribution in [0.3, 0.4) is 0 Å². The van der Waals surface area contributed by atoms with E-state index in [1.807, 2.05) is 30.6 Å². The van der Waals surface area contributed by atoms with Gasteiger partial charge in [-0.3, -0.25) is 19.8 Å². The molecule has 3 aromatic heterocycles. The molecule has 1 fully saturated rings. The van der Waals surface area contributed by atoms with Crippen LogP contribution in [0.1, 0.15) is 41.7 Å². The molecule has 1 aliphatic rings. The maximum atomic E-state index is 12.9. The number of nitrogens with zero attached hydrogens (tertiary/aromatic N) is 4. The van der Waals surface area contributed by atoms with Gasteiger partial charge in [0.1, 0.15) is 0 Å². The average Bonchev–Trinajstić information content (AvgIpc) is 3.13. The zero-order valence-electron chi connectivity index (χ0n) is 19.3. The van der Waals surface area contributed by atoms with Gasteiger partial charge in [-0.15, -0.1) is 0 Å². The van der Waals surface area contributed by atoms with E-state index in [1.54, 1.807) is 25.4 Å². The first-order valence-electron chi connectivity index (χ1n) is 11.7. The van der Waals surface area contributed by atoms with Crippen molar-refractivity contribution < 1.29 is 9.53 Å². The van der Waals surface area contributed by atoms with Crippen molar-refractivity contribution in [3.63, 3.8) is 0 Å². The van der Waals surface area contributed by atoms with Crippen LogP contribution < -0.4 is 10.1 Å². The summed E-state index contributed by atoms with van der Waals surface area (Å²) in [6.07, 6.45) is 10.6. The summed E-state index contributed by atoms with van der Waals surface area (Å²) in [7, 11) is 1.55. The Morgan fingerprint density at radius 1 is 1.03 bits per heavy atom. The average molecular weight is 457 g/mol. The number of rotatable bonds is 6. The van der Waals surface area contributed by atoms with Crippen LogP contribution in [-0.4, -0.2) is 51.2 Å². The fourth-order valence-corrected chi connectivity index (χ4v) is 4.42. The fourth-order valence-electron chi connectivity index (χ4n) is 4.42. The molecule has 0 bridgehead atoms. The molecule has 0 atom stereocenters. The number of fused-ring (bicyclic) bond motifs is 1. The molecule has 0 saturated carbocycles. The van der Waals surface area contributed by atoms with Crippen molar-refractivity contribution in [2.24, 2.45) is 0 Å². The van der Waals surface area contributed by atoms with Crippen molar-refractivity contribution in [2.75, 3.05) is 25.5 Å². The summed E-state index contributed by atoms with van der Waals surface area (Å²) in [5.41, 5.74) is 4.94. The zero-order chi connectivity index (χ0) is 23.3. The molecular weight excluding hydrogens is 428 g/mol. The number of carbonyl (C=O) groups excluding carboxylic acids is 1. The number of H-pyrrole nitrogens is 1. The third-order valence-corrected chi connectivity index (χ3v) is 6.21. The van der Waals surface area contributed by atoms with Gasteiger partial charge in [-0.2, -0.15) is 5.10 Å². The van der Waals surface area contributed by atoms with Gasteiger partial charge in [-0.1, -0.05) is 18.9 Å². The molecule has 1 aliphatic heterocycles. The van der Waals surface area contributed by atoms with Crippen molar-refractivity contribution >= 4 is 22.5 Å². The fraction of sp³-hybridized carbons (Fsp3) is 0.308. The van der Waals surface area contributed by atoms with Crippen molar-refractivity contribution in [1.82, 2.24) is 25.1 Å². The quantitative estimate of drug-likeness (QED) is 0.438. The number of nitrogens with one attached hydrogen (secondary N) is 2. The second kappa shape index (κ2) is 10.0. The monoisotopic (exact) mass is 456 g/mol. The summed E-state index contributed by atoms with van der Waals surface area (Å²) in [6, 6.07) is 11.6. The summed E-state index contributed by atoms with van der Waals surface area (Å²) < 4.78 is 5.07. The van der Waals surface area contributed by atoms with Gasteiger partial charge >= 0.3 is 0 Å². The van der Waals surface area contributed by atoms with Crippen LogP contribution in [0, 0.1) is 0 Å². The molecule has 1 aromatic carbocycles. The van der Waals surface area contributed by atoms with Crippen molar-refractivity contribution in [3.8, 4) is 17.0 Å². The highest BCUT2D eigenvalue weighted by Gasteiger charge is 2.16. The van der Waals surface area contributed by atoms with Crippen LogP contribution in [0.5, 0.6) is 5.88 Å². The van der Waals surface area contributed by atoms with Crippen molar-refractivity contribution in [2.45, 2.75) is 32.2 Å². The predicted molar refractivity (Wildman–Crippen MR) is 132 cm³/mol. The van der Waals surface area contributed by atoms with Gasteiger partial charge in [0.05, 0.1) is 24.5 Å². The Kier molecular flexibility index (Phi) is 6.49. The highest BCUT2D eigenvalue weighted by Crippen LogP contribution is 2.27. The summed E-state index contributed by atoms with van der Waals surface area (Å²) in [5.74, 6) is 0.183. The molecule has 4 heterocycles. The standard InChI is InChI=1S/C26H28N6O2/c1-34-24-9-7-21(16-28-24)29-26(33)25-22-13-19(6-8-23(22)30-31-25)20-12-18(14-27-15-20)17-32-10-4-2-3-5-11-32/h6-9,12-16H,2-5,10-11,17H2,1H3,(H,29,33)(H,30,31). The van der Waals surface area contributed by atoms with Gasteiger partial charge in [0.2, 0.25) is 5.88 Å². The van der Waals surface area contributed by atoms with E-state index in [1.165, 1.54) is 31.2 Å². The smallest absolute Gasteiger partial charge is 0.276 e. The van der Waals surface area contributed by atoms with E-state index < -0.39 is 0 Å². The molecule has 0 unspecified atom stereocenters. The summed E-state index contributed by atoms with van der Waals surface area (Å²) >= 11 is 0. The zero-order valence-corrected chi connectivity index (χ0v) is 19.3. The van der Waals surface area contributed by atoms with Crippen molar-refractivity contribution in [1.29, 1.82) is 0 Å². The van der Waals surface area contributed by atoms with E-state index >= 15 is 0 Å². The molecule has 0 aliphatic carbocycles. The molecule has 34 heavy (non-hydrogen) atoms. The Morgan fingerprint density at radius 3 is 2.65 bits per heavy atom. The lowest BCUT2D eigenvalue weighted by atomic mass is 10.0. The first kappa shape index (κ1) is 22.0. The Bertz CT molecular complexity index is 1280. The number of hydrogen-bond acceptors (Lipinski definition) is 6. The van der Waals surface area contributed by atoms with Crippen LogP contribution >= 0.6 is 0 Å². The maximum Gasteiger partial charge on any atom is 0.276 e. The Morgan fingerprint density at radius 2 is 1.88 bits per heavy atom. The number of anilines is 1. The van der Waals surface area contributed by atoms with Crippen LogP contribution in [0.15, 0.2) is 55.0 Å². The number of carbonyl (C=O) groups is 1. The van der Waals surface area contributed by atoms with Gasteiger partial charge in [0, 0.05) is 36.0 Å². The van der Waals surface area contributed by atoms with Crippen LogP contribution in [0.4, 0.5) is 5.69 Å². The van der Waals surface area contributed by atoms with Gasteiger partial charge in [-0.25, -0.2) is 4.98 Å². The molecule has 1 amide bonds. The third-order valence-electron chi connectivity index (χ3n) is 6.21. The molecule has 174 valence electrons. The number of ether oxygens (including phenoxy) is 1. The number of amides is 1. The highest BCUT2D eigenvalue weighted by molar-refractivity contribution is 6.11. The Hall–Kier alpha value is -3.78. The lowest BCUT2D eigenvalue weighted by molar-refractivity contribution is 0.102. The summed E-state index contributed by atoms with van der Waals surface area (Å²) in [4.78, 5) is 24.1. The number of hydrogen-bond donors (Lipinski definition) is 2. The molecule has 8 nitrogen and oxygen atoms in total. The highest BCUT2D eigenvalue weighted by atomic mass is 16.5. The van der Waals surface area contributed by atoms with Gasteiger partial charge in [0.15, 0.2) is 5.69 Å². The topological polar surface area (TPSA) is 96.0 Å². The number of likely N-dealkylation sites (tertiary alicyclic amines) is 1. The van der Waals surface area contributed by atoms with Gasteiger partial charge in [-0.05, 0) is 61.3 Å². The van der Waals surface area contributed by atoms with Crippen LogP contribution in [-0.2, 0) is 6.54 Å². The number of methoxy groups -OCH3 is 1. The minimum atomic E-state index is -0.302. The number of aromatic amines is 1. The second-order valence-corrected chi connectivity index (χ2v) is 8.65. The number of pyridine rings is 2. The maximum absolute atomic E-state index is 12.9. The number of aromatic nitrogens is 4. The van der Waals surface area contributed by atoms with Crippen LogP contribution in [0.25, 0.3) is 22.0 Å². The van der Waals surface area contributed by atoms with Crippen LogP contribution in [0.2, 0.25) is 0 Å². The number of benzene rings is 1. The molecule has 0 radical (unpaired) electrons. The van der Waals surface area contributed by atoms with Gasteiger partial charge < -0.3 is 10.1 Å². The van der Waals surface area contributed by atoms with E-state index in [9.17, 15) is 4.79 Å². The minimum Gasteiger partial charge on any atom is -0.481 e. The minimum absolute atomic E-state index is 0.302. The lowest BCUT2D eigenvalue weighted by Gasteiger charge is -2.19. The molecule has 5 rings (SSSR count). The van der Waals surface area contributed by atoms with E-state index in [0.29, 0.717) is 17.3 Å². The van der Waals surface area contributed by atoms with Gasteiger partial charge in [0.25, 0.3) is 5.91 Å². The normalized spacial score (nSPS) is 14.6. The Balaban J connectivity index is 1.37. The van der Waals surface area contributed by atoms with E-state index in [2.05, 4.69) is 36.4 Å². The predicted octanol–water partition coefficient (Wildman–Crippen LogP) is 4.66. The largest absolute Gasteiger partial charge is 0.481 e. The molecule has 1 saturated heterocycles. The molecule has 0 spiro atoms.